The largest absolute Gasteiger partial charge is 1.00 e. The number of nitrogens with zero attached hydrogens (tertiary/aromatic N) is 2. The summed E-state index contributed by atoms with van der Waals surface area (Å²) in [5.41, 5.74) is 3.83. The van der Waals surface area contributed by atoms with Gasteiger partial charge in [-0.25, -0.2) is 0 Å². The maximum absolute atomic E-state index is 10.1. The maximum atomic E-state index is 10.1. The van der Waals surface area contributed by atoms with Gasteiger partial charge < -0.3 is 9.84 Å². The Balaban J connectivity index is 0.000000175. The van der Waals surface area contributed by atoms with Gasteiger partial charge in [-0.2, -0.15) is 10.2 Å². The molecular weight excluding hydrogens is 872 g/mol. The normalized spacial score (nSPS) is 11.4. The van der Waals surface area contributed by atoms with E-state index in [9.17, 15) is 5.11 Å². The van der Waals surface area contributed by atoms with Crippen molar-refractivity contribution in [2.24, 2.45) is 0 Å². The summed E-state index contributed by atoms with van der Waals surface area (Å²) in [6.45, 7) is 15.9. The molecule has 6 nitrogen and oxygen atoms in total. The Morgan fingerprint density at radius 2 is 1.11 bits per heavy atom. The molecule has 0 bridgehead atoms. The first kappa shape index (κ1) is 44.2. The van der Waals surface area contributed by atoms with Crippen LogP contribution < -0.4 is 56.5 Å². The number of halogens is 2. The van der Waals surface area contributed by atoms with E-state index in [2.05, 4.69) is 157 Å². The Labute approximate surface area is 380 Å². The van der Waals surface area contributed by atoms with Crippen molar-refractivity contribution in [1.29, 1.82) is 0 Å². The maximum Gasteiger partial charge on any atom is 1.00 e. The van der Waals surface area contributed by atoms with Crippen LogP contribution in [0.15, 0.2) is 106 Å². The van der Waals surface area contributed by atoms with Crippen LogP contribution >= 0.6 is 54.5 Å². The number of thiophene rings is 2. The van der Waals surface area contributed by atoms with Crippen molar-refractivity contribution in [2.75, 3.05) is 13.2 Å². The fourth-order valence-electron chi connectivity index (χ4n) is 5.18. The van der Waals surface area contributed by atoms with E-state index in [-0.39, 0.29) is 51.4 Å². The Hall–Kier alpha value is -1.53. The predicted molar refractivity (Wildman–Crippen MR) is 234 cm³/mol. The molecule has 8 rings (SSSR count). The Morgan fingerprint density at radius 1 is 0.698 bits per heavy atom. The fraction of sp³-hybridized carbons (Fsp3) is 0.268. The van der Waals surface area contributed by atoms with E-state index in [0.717, 1.165) is 44.0 Å². The average molecular weight is 917 g/mol. The predicted octanol–water partition coefficient (Wildman–Crippen LogP) is 9.92. The molecule has 4 aromatic carbocycles. The summed E-state index contributed by atoms with van der Waals surface area (Å²) < 4.78 is 10.0. The van der Waals surface area contributed by atoms with Crippen molar-refractivity contribution in [3.05, 3.63) is 106 Å². The molecule has 0 saturated carbocycles. The summed E-state index contributed by atoms with van der Waals surface area (Å²) in [7, 11) is -0.819. The first-order valence-corrected chi connectivity index (χ1v) is 24.1. The summed E-state index contributed by atoms with van der Waals surface area (Å²) >= 11 is 10.8. The van der Waals surface area contributed by atoms with Gasteiger partial charge in [0.15, 0.2) is 0 Å². The van der Waals surface area contributed by atoms with Gasteiger partial charge in [-0.05, 0) is 72.3 Å². The zero-order chi connectivity index (χ0) is 37.5. The van der Waals surface area contributed by atoms with Gasteiger partial charge in [0.2, 0.25) is 0 Å². The molecule has 4 heterocycles. The number of aromatic amines is 2. The van der Waals surface area contributed by atoms with Crippen LogP contribution in [0.5, 0.6) is 0 Å². The summed E-state index contributed by atoms with van der Waals surface area (Å²) in [5, 5.41) is 29.4. The van der Waals surface area contributed by atoms with Crippen LogP contribution in [0.2, 0.25) is 25.7 Å². The van der Waals surface area contributed by atoms with Crippen LogP contribution in [0, 0.1) is 0 Å². The standard InChI is InChI=1S/2C15H9BrN2S.C7H18OSi.C4H9O.K/c2*16-11-5-10-8-17-18-15(10)12(7-11)14-6-9-3-1-2-4-13(9)19-14;1-5-8-6-7-9(2,3)4;1-4(2,3)5;/h2*1-8H,(H,17,18);5-7H2,1-4H3;1-3H3;/q;;;-1;+1. The van der Waals surface area contributed by atoms with E-state index in [0.29, 0.717) is 0 Å². The van der Waals surface area contributed by atoms with Crippen LogP contribution in [0.4, 0.5) is 0 Å². The van der Waals surface area contributed by atoms with Gasteiger partial charge in [-0.15, -0.1) is 28.3 Å². The van der Waals surface area contributed by atoms with E-state index in [1.54, 1.807) is 20.8 Å². The van der Waals surface area contributed by atoms with Crippen LogP contribution in [0.3, 0.4) is 0 Å². The van der Waals surface area contributed by atoms with E-state index in [1.165, 1.54) is 47.1 Å². The zero-order valence-corrected chi connectivity index (χ0v) is 40.6. The van der Waals surface area contributed by atoms with E-state index in [4.69, 9.17) is 4.74 Å². The third kappa shape index (κ3) is 13.3. The van der Waals surface area contributed by atoms with Crippen molar-refractivity contribution < 1.29 is 61.2 Å². The Kier molecular flexibility index (Phi) is 16.7. The molecule has 12 heteroatoms. The van der Waals surface area contributed by atoms with Crippen molar-refractivity contribution in [3.8, 4) is 20.9 Å². The Bertz CT molecular complexity index is 2150. The van der Waals surface area contributed by atoms with Gasteiger partial charge in [0.25, 0.3) is 0 Å². The summed E-state index contributed by atoms with van der Waals surface area (Å²) in [6.07, 6.45) is 3.72. The number of benzene rings is 4. The molecule has 8 aromatic rings. The quantitative estimate of drug-likeness (QED) is 0.129. The third-order valence-corrected chi connectivity index (χ3v) is 12.5. The van der Waals surface area contributed by atoms with Gasteiger partial charge in [0.1, 0.15) is 0 Å². The van der Waals surface area contributed by atoms with Crippen molar-refractivity contribution in [3.63, 3.8) is 0 Å². The van der Waals surface area contributed by atoms with Gasteiger partial charge in [-0.3, -0.25) is 10.2 Å². The minimum atomic E-state index is -0.819. The van der Waals surface area contributed by atoms with E-state index in [1.807, 2.05) is 42.0 Å². The number of H-pyrrole nitrogens is 2. The molecular formula is C41H45Br2KN4O2S2Si. The average Bonchev–Trinajstić information content (AvgIpc) is 3.88. The molecule has 0 atom stereocenters. The monoisotopic (exact) mass is 914 g/mol. The number of fused-ring (bicyclic) bond motifs is 4. The molecule has 0 radical (unpaired) electrons. The van der Waals surface area contributed by atoms with Gasteiger partial charge in [0, 0.05) is 71.3 Å². The second-order valence-corrected chi connectivity index (χ2v) is 24.1. The molecule has 0 amide bonds. The summed E-state index contributed by atoms with van der Waals surface area (Å²) in [4.78, 5) is 2.52. The van der Waals surface area contributed by atoms with Crippen molar-refractivity contribution >= 4 is 105 Å². The third-order valence-electron chi connectivity index (χ3n) is 7.61. The second-order valence-electron chi connectivity index (χ2n) is 14.5. The molecule has 0 aliphatic rings. The summed E-state index contributed by atoms with van der Waals surface area (Å²) in [6, 6.07) is 31.1. The van der Waals surface area contributed by atoms with Crippen LogP contribution in [0.1, 0.15) is 27.7 Å². The zero-order valence-electron chi connectivity index (χ0n) is 31.6. The van der Waals surface area contributed by atoms with Crippen molar-refractivity contribution in [2.45, 2.75) is 59.0 Å². The molecule has 0 unspecified atom stereocenters. The number of hydrogen-bond donors (Lipinski definition) is 2. The molecule has 0 aliphatic heterocycles. The molecule has 0 fully saturated rings. The number of rotatable bonds is 6. The molecule has 0 saturated heterocycles. The van der Waals surface area contributed by atoms with Gasteiger partial charge in [-0.1, -0.05) is 109 Å². The molecule has 0 spiro atoms. The summed E-state index contributed by atoms with van der Waals surface area (Å²) in [5.74, 6) is 0. The van der Waals surface area contributed by atoms with E-state index < -0.39 is 13.7 Å². The fourth-order valence-corrected chi connectivity index (χ4v) is 9.06. The Morgan fingerprint density at radius 3 is 1.49 bits per heavy atom. The number of ether oxygens (including phenoxy) is 1. The number of hydrogen-bond acceptors (Lipinski definition) is 6. The van der Waals surface area contributed by atoms with Crippen molar-refractivity contribution in [1.82, 2.24) is 20.4 Å². The minimum Gasteiger partial charge on any atom is -0.850 e. The van der Waals surface area contributed by atoms with Crippen LogP contribution in [-0.2, 0) is 4.74 Å². The molecule has 272 valence electrons. The topological polar surface area (TPSA) is 89.7 Å². The van der Waals surface area contributed by atoms with Crippen LogP contribution in [-0.4, -0.2) is 47.3 Å². The molecule has 0 aliphatic carbocycles. The number of aromatic nitrogens is 4. The second kappa shape index (κ2) is 20.1. The smallest absolute Gasteiger partial charge is 0.850 e. The van der Waals surface area contributed by atoms with E-state index >= 15 is 0 Å². The SMILES string of the molecule is Brc1cc(-c2cc3ccccc3s2)c2[nH]ncc2c1.Brc1cc(-c2cc3ccccc3s2)c2[nH]ncc2c1.CC(C)(C)[O-].CCOCC[Si](C)(C)C.[K+]. The van der Waals surface area contributed by atoms with Gasteiger partial charge in [0.05, 0.1) is 23.4 Å². The minimum absolute atomic E-state index is 0. The number of nitrogens with one attached hydrogen (secondary N) is 2. The van der Waals surface area contributed by atoms with Crippen LogP contribution in [0.25, 0.3) is 62.9 Å². The first-order chi connectivity index (χ1) is 24.7. The molecule has 53 heavy (non-hydrogen) atoms. The first-order valence-electron chi connectivity index (χ1n) is 17.2. The molecule has 2 N–H and O–H groups in total. The van der Waals surface area contributed by atoms with Gasteiger partial charge >= 0.3 is 51.4 Å². The molecule has 4 aromatic heterocycles.